The Bertz CT molecular complexity index is 990. The van der Waals surface area contributed by atoms with E-state index in [9.17, 15) is 9.18 Å². The minimum absolute atomic E-state index is 0.0247. The van der Waals surface area contributed by atoms with E-state index in [-0.39, 0.29) is 23.3 Å². The van der Waals surface area contributed by atoms with E-state index >= 15 is 0 Å². The molecule has 0 aliphatic carbocycles. The maximum Gasteiger partial charge on any atom is 0.232 e. The van der Waals surface area contributed by atoms with Crippen LogP contribution in [0.15, 0.2) is 47.0 Å². The van der Waals surface area contributed by atoms with Crippen LogP contribution in [0.2, 0.25) is 5.02 Å². The number of rotatable bonds is 4. The molecule has 1 unspecified atom stereocenters. The largest absolute Gasteiger partial charge is 0.497 e. The Morgan fingerprint density at radius 2 is 2.04 bits per heavy atom. The van der Waals surface area contributed by atoms with Crippen molar-refractivity contribution in [2.75, 3.05) is 18.6 Å². The Morgan fingerprint density at radius 1 is 1.26 bits per heavy atom. The topological polar surface area (TPSA) is 68.5 Å². The van der Waals surface area contributed by atoms with Crippen molar-refractivity contribution >= 4 is 23.2 Å². The maximum atomic E-state index is 13.4. The molecule has 1 amide bonds. The number of carbonyl (C=O) groups is 1. The van der Waals surface area contributed by atoms with Gasteiger partial charge in [0.05, 0.1) is 18.1 Å². The summed E-state index contributed by atoms with van der Waals surface area (Å²) < 4.78 is 23.9. The normalized spacial score (nSPS) is 16.8. The predicted molar refractivity (Wildman–Crippen MR) is 97.4 cm³/mol. The predicted octanol–water partition coefficient (Wildman–Crippen LogP) is 4.06. The van der Waals surface area contributed by atoms with Crippen molar-refractivity contribution in [1.82, 2.24) is 10.1 Å². The zero-order valence-corrected chi connectivity index (χ0v) is 15.1. The number of carbonyl (C=O) groups excluding carboxylic acids is 1. The van der Waals surface area contributed by atoms with Crippen LogP contribution in [0.5, 0.6) is 5.75 Å². The third-order valence-corrected chi connectivity index (χ3v) is 4.77. The molecule has 0 saturated carbocycles. The molecule has 2 heterocycles. The van der Waals surface area contributed by atoms with Gasteiger partial charge in [0.1, 0.15) is 11.6 Å². The van der Waals surface area contributed by atoms with Crippen LogP contribution < -0.4 is 9.64 Å². The van der Waals surface area contributed by atoms with Gasteiger partial charge in [-0.1, -0.05) is 16.8 Å². The zero-order valence-electron chi connectivity index (χ0n) is 14.4. The molecule has 27 heavy (non-hydrogen) atoms. The van der Waals surface area contributed by atoms with E-state index in [2.05, 4.69) is 10.1 Å². The van der Waals surface area contributed by atoms with Gasteiger partial charge in [-0.25, -0.2) is 4.39 Å². The highest BCUT2D eigenvalue weighted by Gasteiger charge is 2.35. The molecule has 0 spiro atoms. The molecule has 6 nitrogen and oxygen atoms in total. The van der Waals surface area contributed by atoms with Crippen LogP contribution in [0.1, 0.15) is 18.2 Å². The van der Waals surface area contributed by atoms with Gasteiger partial charge in [0.25, 0.3) is 0 Å². The first-order chi connectivity index (χ1) is 13.0. The van der Waals surface area contributed by atoms with Gasteiger partial charge in [-0.3, -0.25) is 4.79 Å². The molecule has 4 rings (SSSR count). The van der Waals surface area contributed by atoms with Crippen molar-refractivity contribution in [3.63, 3.8) is 0 Å². The molecule has 0 N–H and O–H groups in total. The summed E-state index contributed by atoms with van der Waals surface area (Å²) in [4.78, 5) is 18.4. The molecule has 3 aromatic rings. The number of benzene rings is 2. The number of nitrogens with zero attached hydrogens (tertiary/aromatic N) is 3. The molecule has 8 heteroatoms. The number of hydrogen-bond acceptors (Lipinski definition) is 5. The Morgan fingerprint density at radius 3 is 2.74 bits per heavy atom. The van der Waals surface area contributed by atoms with Gasteiger partial charge in [-0.15, -0.1) is 0 Å². The van der Waals surface area contributed by atoms with Crippen LogP contribution in [0.25, 0.3) is 11.4 Å². The van der Waals surface area contributed by atoms with Crippen LogP contribution in [0.4, 0.5) is 10.1 Å². The van der Waals surface area contributed by atoms with Crippen LogP contribution in [0, 0.1) is 5.82 Å². The lowest BCUT2D eigenvalue weighted by Crippen LogP contribution is -2.24. The maximum absolute atomic E-state index is 13.4. The number of amides is 1. The molecule has 0 bridgehead atoms. The van der Waals surface area contributed by atoms with Crippen LogP contribution in [-0.2, 0) is 4.79 Å². The van der Waals surface area contributed by atoms with E-state index in [1.807, 2.05) is 24.3 Å². The van der Waals surface area contributed by atoms with Gasteiger partial charge < -0.3 is 14.2 Å². The van der Waals surface area contributed by atoms with E-state index in [1.165, 1.54) is 18.2 Å². The molecule has 1 aromatic heterocycles. The molecule has 2 aromatic carbocycles. The summed E-state index contributed by atoms with van der Waals surface area (Å²) in [5, 5.41) is 3.98. The first-order valence-electron chi connectivity index (χ1n) is 8.28. The summed E-state index contributed by atoms with van der Waals surface area (Å²) in [5.41, 5.74) is 1.33. The first-order valence-corrected chi connectivity index (χ1v) is 8.66. The Balaban J connectivity index is 1.53. The number of aromatic nitrogens is 2. The summed E-state index contributed by atoms with van der Waals surface area (Å²) in [6.45, 7) is 0.366. The molecule has 138 valence electrons. The Labute approximate surface area is 159 Å². The Kier molecular flexibility index (Phi) is 4.53. The average molecular weight is 388 g/mol. The standard InChI is InChI=1S/C19H15ClFN3O3/c1-26-14-5-2-11(3-6-14)18-22-19(27-23-18)12-8-17(25)24(10-12)13-4-7-16(21)15(20)9-13/h2-7,9,12H,8,10H2,1H3. The second-order valence-corrected chi connectivity index (χ2v) is 6.60. The highest BCUT2D eigenvalue weighted by atomic mass is 35.5. The van der Waals surface area contributed by atoms with Gasteiger partial charge in [-0.05, 0) is 42.5 Å². The minimum Gasteiger partial charge on any atom is -0.497 e. The van der Waals surface area contributed by atoms with E-state index in [0.717, 1.165) is 11.3 Å². The first kappa shape index (κ1) is 17.5. The SMILES string of the molecule is COc1ccc(-c2noc(C3CC(=O)N(c4ccc(F)c(Cl)c4)C3)n2)cc1. The molecule has 1 saturated heterocycles. The fourth-order valence-corrected chi connectivity index (χ4v) is 3.21. The quantitative estimate of drug-likeness (QED) is 0.675. The van der Waals surface area contributed by atoms with Gasteiger partial charge in [0.15, 0.2) is 0 Å². The van der Waals surface area contributed by atoms with E-state index in [0.29, 0.717) is 23.9 Å². The number of ether oxygens (including phenoxy) is 1. The molecule has 1 atom stereocenters. The Hall–Kier alpha value is -2.93. The fourth-order valence-electron chi connectivity index (χ4n) is 3.03. The van der Waals surface area contributed by atoms with E-state index < -0.39 is 5.82 Å². The van der Waals surface area contributed by atoms with Crippen molar-refractivity contribution in [3.05, 3.63) is 59.2 Å². The smallest absolute Gasteiger partial charge is 0.232 e. The highest BCUT2D eigenvalue weighted by molar-refractivity contribution is 6.31. The van der Waals surface area contributed by atoms with E-state index in [4.69, 9.17) is 20.9 Å². The monoisotopic (exact) mass is 387 g/mol. The molecule has 1 fully saturated rings. The molecular weight excluding hydrogens is 373 g/mol. The highest BCUT2D eigenvalue weighted by Crippen LogP contribution is 2.33. The van der Waals surface area contributed by atoms with Gasteiger partial charge in [-0.2, -0.15) is 4.98 Å². The fraction of sp³-hybridized carbons (Fsp3) is 0.211. The zero-order chi connectivity index (χ0) is 19.0. The van der Waals surface area contributed by atoms with Crippen molar-refractivity contribution < 1.29 is 18.4 Å². The van der Waals surface area contributed by atoms with Crippen molar-refractivity contribution in [1.29, 1.82) is 0 Å². The summed E-state index contributed by atoms with van der Waals surface area (Å²) >= 11 is 5.82. The third-order valence-electron chi connectivity index (χ3n) is 4.48. The molecule has 1 aliphatic heterocycles. The number of methoxy groups -OCH3 is 1. The van der Waals surface area contributed by atoms with Crippen molar-refractivity contribution in [2.45, 2.75) is 12.3 Å². The summed E-state index contributed by atoms with van der Waals surface area (Å²) in [6, 6.07) is 11.5. The summed E-state index contributed by atoms with van der Waals surface area (Å²) in [5.74, 6) is 0.711. The number of hydrogen-bond donors (Lipinski definition) is 0. The molecule has 1 aliphatic rings. The molecule has 0 radical (unpaired) electrons. The minimum atomic E-state index is -0.523. The van der Waals surface area contributed by atoms with Crippen molar-refractivity contribution in [2.24, 2.45) is 0 Å². The van der Waals surface area contributed by atoms with Crippen LogP contribution in [0.3, 0.4) is 0 Å². The second kappa shape index (κ2) is 7.00. The van der Waals surface area contributed by atoms with Gasteiger partial charge >= 0.3 is 0 Å². The molecular formula is C19H15ClFN3O3. The van der Waals surface area contributed by atoms with Crippen molar-refractivity contribution in [3.8, 4) is 17.1 Å². The lowest BCUT2D eigenvalue weighted by Gasteiger charge is -2.16. The van der Waals surface area contributed by atoms with Gasteiger partial charge in [0, 0.05) is 24.2 Å². The second-order valence-electron chi connectivity index (χ2n) is 6.19. The lowest BCUT2D eigenvalue weighted by molar-refractivity contribution is -0.117. The van der Waals surface area contributed by atoms with Gasteiger partial charge in [0.2, 0.25) is 17.6 Å². The summed E-state index contributed by atoms with van der Waals surface area (Å²) in [7, 11) is 1.60. The third kappa shape index (κ3) is 3.38. The van der Waals surface area contributed by atoms with Crippen LogP contribution in [-0.4, -0.2) is 29.7 Å². The number of anilines is 1. The average Bonchev–Trinajstić information content (AvgIpc) is 3.31. The summed E-state index contributed by atoms with van der Waals surface area (Å²) in [6.07, 6.45) is 0.235. The van der Waals surface area contributed by atoms with E-state index in [1.54, 1.807) is 12.0 Å². The number of halogens is 2. The van der Waals surface area contributed by atoms with Crippen LogP contribution >= 0.6 is 11.6 Å². The lowest BCUT2D eigenvalue weighted by atomic mass is 10.1.